The summed E-state index contributed by atoms with van der Waals surface area (Å²) in [7, 11) is 2.10. The van der Waals surface area contributed by atoms with Gasteiger partial charge in [-0.25, -0.2) is 9.67 Å². The van der Waals surface area contributed by atoms with Gasteiger partial charge in [0.05, 0.1) is 12.1 Å². The van der Waals surface area contributed by atoms with Crippen LogP contribution in [0.15, 0.2) is 55.1 Å². The Kier molecular flexibility index (Phi) is 3.74. The van der Waals surface area contributed by atoms with Gasteiger partial charge in [0.2, 0.25) is 5.13 Å². The predicted octanol–water partition coefficient (Wildman–Crippen LogP) is 3.82. The van der Waals surface area contributed by atoms with Crippen LogP contribution >= 0.6 is 11.3 Å². The Morgan fingerprint density at radius 2 is 2.04 bits per heavy atom. The smallest absolute Gasteiger partial charge is 0.210 e. The van der Waals surface area contributed by atoms with Crippen molar-refractivity contribution in [2.45, 2.75) is 13.5 Å². The van der Waals surface area contributed by atoms with Crippen molar-refractivity contribution in [2.75, 3.05) is 11.9 Å². The van der Waals surface area contributed by atoms with Crippen LogP contribution in [-0.4, -0.2) is 26.8 Å². The molecular formula is C18H17N5S. The van der Waals surface area contributed by atoms with Crippen molar-refractivity contribution >= 4 is 27.9 Å². The van der Waals surface area contributed by atoms with Crippen LogP contribution in [0.2, 0.25) is 0 Å². The molecule has 0 aliphatic heterocycles. The third-order valence-corrected chi connectivity index (χ3v) is 4.97. The molecule has 3 heterocycles. The summed E-state index contributed by atoms with van der Waals surface area (Å²) in [5, 5.41) is 6.30. The van der Waals surface area contributed by atoms with E-state index >= 15 is 0 Å². The Hall–Kier alpha value is -2.73. The van der Waals surface area contributed by atoms with Crippen LogP contribution in [0.1, 0.15) is 10.4 Å². The van der Waals surface area contributed by atoms with Crippen LogP contribution in [0, 0.1) is 6.92 Å². The number of anilines is 1. The fraction of sp³-hybridized carbons (Fsp3) is 0.167. The zero-order valence-corrected chi connectivity index (χ0v) is 14.4. The Morgan fingerprint density at radius 1 is 1.12 bits per heavy atom. The molecule has 0 amide bonds. The molecule has 6 heteroatoms. The number of fused-ring (bicyclic) bond motifs is 1. The number of benzene rings is 1. The number of nitrogens with zero attached hydrogens (tertiary/aromatic N) is 5. The average Bonchev–Trinajstić information content (AvgIpc) is 3.26. The van der Waals surface area contributed by atoms with Gasteiger partial charge in [-0.15, -0.1) is 0 Å². The minimum atomic E-state index is 0.798. The molecule has 5 nitrogen and oxygen atoms in total. The zero-order chi connectivity index (χ0) is 16.5. The van der Waals surface area contributed by atoms with Gasteiger partial charge in [0.25, 0.3) is 0 Å². The summed E-state index contributed by atoms with van der Waals surface area (Å²) in [6.45, 7) is 2.89. The second-order valence-electron chi connectivity index (χ2n) is 5.72. The molecule has 0 radical (unpaired) electrons. The summed E-state index contributed by atoms with van der Waals surface area (Å²) in [6.07, 6.45) is 7.47. The van der Waals surface area contributed by atoms with E-state index in [1.54, 1.807) is 22.2 Å². The van der Waals surface area contributed by atoms with Crippen molar-refractivity contribution in [1.29, 1.82) is 0 Å². The third kappa shape index (κ3) is 2.65. The molecule has 0 aliphatic rings. The lowest BCUT2D eigenvalue weighted by Crippen LogP contribution is -2.16. The highest BCUT2D eigenvalue weighted by molar-refractivity contribution is 7.14. The molecule has 4 rings (SSSR count). The van der Waals surface area contributed by atoms with Gasteiger partial charge in [-0.2, -0.15) is 5.10 Å². The highest BCUT2D eigenvalue weighted by atomic mass is 32.1. The van der Waals surface area contributed by atoms with Crippen LogP contribution in [0.4, 0.5) is 5.69 Å². The normalized spacial score (nSPS) is 11.1. The second kappa shape index (κ2) is 6.05. The lowest BCUT2D eigenvalue weighted by atomic mass is 10.1. The molecule has 0 spiro atoms. The van der Waals surface area contributed by atoms with Crippen LogP contribution < -0.4 is 4.90 Å². The first kappa shape index (κ1) is 14.8. The molecule has 0 unspecified atom stereocenters. The van der Waals surface area contributed by atoms with Gasteiger partial charge in [-0.1, -0.05) is 29.5 Å². The van der Waals surface area contributed by atoms with Gasteiger partial charge in [-0.3, -0.25) is 4.98 Å². The van der Waals surface area contributed by atoms with Crippen molar-refractivity contribution in [3.05, 3.63) is 65.6 Å². The number of hydrogen-bond acceptors (Lipinski definition) is 5. The number of aromatic nitrogens is 4. The summed E-state index contributed by atoms with van der Waals surface area (Å²) in [5.74, 6) is 0. The van der Waals surface area contributed by atoms with Gasteiger partial charge < -0.3 is 4.90 Å². The number of para-hydroxylation sites is 1. The van der Waals surface area contributed by atoms with Gasteiger partial charge >= 0.3 is 0 Å². The number of thiazole rings is 1. The molecule has 0 bridgehead atoms. The summed E-state index contributed by atoms with van der Waals surface area (Å²) < 4.78 is 1.79. The number of hydrogen-bond donors (Lipinski definition) is 0. The fourth-order valence-corrected chi connectivity index (χ4v) is 3.72. The molecular weight excluding hydrogens is 318 g/mol. The van der Waals surface area contributed by atoms with Crippen molar-refractivity contribution in [2.24, 2.45) is 0 Å². The van der Waals surface area contributed by atoms with E-state index in [4.69, 9.17) is 0 Å². The minimum Gasteiger partial charge on any atom is -0.369 e. The molecule has 0 aliphatic carbocycles. The number of rotatable bonds is 4. The maximum absolute atomic E-state index is 4.52. The molecule has 0 atom stereocenters. The van der Waals surface area contributed by atoms with E-state index in [2.05, 4.69) is 58.2 Å². The van der Waals surface area contributed by atoms with Crippen LogP contribution in [0.3, 0.4) is 0 Å². The molecule has 120 valence electrons. The molecule has 3 aromatic heterocycles. The van der Waals surface area contributed by atoms with Gasteiger partial charge in [-0.05, 0) is 24.6 Å². The second-order valence-corrected chi connectivity index (χ2v) is 6.81. The highest BCUT2D eigenvalue weighted by Crippen LogP contribution is 2.28. The zero-order valence-electron chi connectivity index (χ0n) is 13.5. The quantitative estimate of drug-likeness (QED) is 0.569. The van der Waals surface area contributed by atoms with Crippen molar-refractivity contribution in [1.82, 2.24) is 19.7 Å². The lowest BCUT2D eigenvalue weighted by Gasteiger charge is -2.20. The SMILES string of the molecule is Cc1cccc2c(N(C)Cc3cnc(-n4cccn4)s3)ccnc12. The number of aryl methyl sites for hydroxylation is 1. The van der Waals surface area contributed by atoms with E-state index < -0.39 is 0 Å². The maximum atomic E-state index is 4.52. The Balaban J connectivity index is 1.63. The topological polar surface area (TPSA) is 46.8 Å². The van der Waals surface area contributed by atoms with Crippen molar-refractivity contribution in [3.8, 4) is 5.13 Å². The summed E-state index contributed by atoms with van der Waals surface area (Å²) in [5.41, 5.74) is 3.43. The first-order valence-electron chi connectivity index (χ1n) is 7.72. The largest absolute Gasteiger partial charge is 0.369 e. The standard InChI is InChI=1S/C18H17N5S/c1-13-5-3-6-15-16(7-9-19-17(13)15)22(2)12-14-11-20-18(24-14)23-10-4-8-21-23/h3-11H,12H2,1-2H3. The van der Waals surface area contributed by atoms with Crippen molar-refractivity contribution in [3.63, 3.8) is 0 Å². The van der Waals surface area contributed by atoms with E-state index in [-0.39, 0.29) is 0 Å². The Labute approximate surface area is 144 Å². The molecule has 24 heavy (non-hydrogen) atoms. The molecule has 4 aromatic rings. The van der Waals surface area contributed by atoms with E-state index in [1.165, 1.54) is 21.5 Å². The molecule has 0 saturated heterocycles. The molecule has 0 N–H and O–H groups in total. The maximum Gasteiger partial charge on any atom is 0.210 e. The van der Waals surface area contributed by atoms with E-state index in [1.807, 2.05) is 24.7 Å². The van der Waals surface area contributed by atoms with Gasteiger partial charge in [0, 0.05) is 47.8 Å². The predicted molar refractivity (Wildman–Crippen MR) is 97.8 cm³/mol. The van der Waals surface area contributed by atoms with Crippen LogP contribution in [-0.2, 0) is 6.54 Å². The number of pyridine rings is 1. The van der Waals surface area contributed by atoms with Crippen LogP contribution in [0.25, 0.3) is 16.0 Å². The highest BCUT2D eigenvalue weighted by Gasteiger charge is 2.11. The Bertz CT molecular complexity index is 974. The van der Waals surface area contributed by atoms with Crippen molar-refractivity contribution < 1.29 is 0 Å². The van der Waals surface area contributed by atoms with Crippen LogP contribution in [0.5, 0.6) is 0 Å². The fourth-order valence-electron chi connectivity index (χ4n) is 2.82. The van der Waals surface area contributed by atoms with E-state index in [0.29, 0.717) is 0 Å². The van der Waals surface area contributed by atoms with Gasteiger partial charge in [0.15, 0.2) is 0 Å². The average molecular weight is 335 g/mol. The Morgan fingerprint density at radius 3 is 2.88 bits per heavy atom. The third-order valence-electron chi connectivity index (χ3n) is 4.00. The molecule has 0 saturated carbocycles. The summed E-state index contributed by atoms with van der Waals surface area (Å²) in [6, 6.07) is 10.3. The first-order chi connectivity index (χ1) is 11.7. The van der Waals surface area contributed by atoms with Gasteiger partial charge in [0.1, 0.15) is 0 Å². The first-order valence-corrected chi connectivity index (χ1v) is 8.54. The summed E-state index contributed by atoms with van der Waals surface area (Å²) in [4.78, 5) is 12.4. The van der Waals surface area contributed by atoms with E-state index in [0.717, 1.165) is 17.2 Å². The minimum absolute atomic E-state index is 0.798. The lowest BCUT2D eigenvalue weighted by molar-refractivity contribution is 0.869. The molecule has 1 aromatic carbocycles. The van der Waals surface area contributed by atoms with E-state index in [9.17, 15) is 0 Å². The molecule has 0 fully saturated rings. The monoisotopic (exact) mass is 335 g/mol. The summed E-state index contributed by atoms with van der Waals surface area (Å²) >= 11 is 1.65.